The molecule has 0 amide bonds. The first-order valence-corrected chi connectivity index (χ1v) is 10.5. The molecule has 4 aromatic rings. The number of fused-ring (bicyclic) bond motifs is 1. The van der Waals surface area contributed by atoms with Gasteiger partial charge in [-0.25, -0.2) is 9.78 Å². The number of nitrogens with zero attached hydrogens (tertiary/aromatic N) is 2. The minimum absolute atomic E-state index is 0.170. The second kappa shape index (κ2) is 9.51. The first-order valence-electron chi connectivity index (χ1n) is 9.78. The summed E-state index contributed by atoms with van der Waals surface area (Å²) in [6.07, 6.45) is 0. The molecule has 0 spiro atoms. The third-order valence-electron chi connectivity index (χ3n) is 5.00. The second-order valence-corrected chi connectivity index (χ2v) is 7.89. The van der Waals surface area contributed by atoms with Crippen molar-refractivity contribution in [2.75, 3.05) is 7.11 Å². The van der Waals surface area contributed by atoms with Crippen LogP contribution in [0.2, 0.25) is 10.0 Å². The van der Waals surface area contributed by atoms with Crippen molar-refractivity contribution in [1.29, 1.82) is 0 Å². The SMILES string of the molecule is COC(=O)c1ccc(OCc2nc3ccccc3n2C)c(OCc2ccc(Cl)cc2Cl)c1. The lowest BCUT2D eigenvalue weighted by atomic mass is 10.2. The molecule has 0 fully saturated rings. The van der Waals surface area contributed by atoms with Crippen LogP contribution in [0.25, 0.3) is 11.0 Å². The van der Waals surface area contributed by atoms with Crippen LogP contribution in [0, 0.1) is 0 Å². The molecule has 1 heterocycles. The van der Waals surface area contributed by atoms with E-state index in [4.69, 9.17) is 37.4 Å². The number of ether oxygens (including phenoxy) is 3. The maximum atomic E-state index is 12.0. The Hall–Kier alpha value is -3.22. The van der Waals surface area contributed by atoms with Crippen molar-refractivity contribution >= 4 is 40.2 Å². The molecule has 0 N–H and O–H groups in total. The van der Waals surface area contributed by atoms with Gasteiger partial charge >= 0.3 is 5.97 Å². The average molecular weight is 471 g/mol. The molecule has 0 atom stereocenters. The summed E-state index contributed by atoms with van der Waals surface area (Å²) in [6.45, 7) is 0.393. The van der Waals surface area contributed by atoms with Gasteiger partial charge in [-0.15, -0.1) is 0 Å². The van der Waals surface area contributed by atoms with Gasteiger partial charge in [0, 0.05) is 22.7 Å². The smallest absolute Gasteiger partial charge is 0.337 e. The molecule has 0 saturated carbocycles. The number of imidazole rings is 1. The molecule has 8 heteroatoms. The van der Waals surface area contributed by atoms with E-state index in [1.54, 1.807) is 36.4 Å². The molecule has 4 rings (SSSR count). The largest absolute Gasteiger partial charge is 0.485 e. The summed E-state index contributed by atoms with van der Waals surface area (Å²) in [5.74, 6) is 1.14. The Morgan fingerprint density at radius 2 is 1.75 bits per heavy atom. The Balaban J connectivity index is 1.58. The third kappa shape index (κ3) is 4.66. The van der Waals surface area contributed by atoms with E-state index in [1.165, 1.54) is 7.11 Å². The molecule has 0 aliphatic carbocycles. The molecule has 0 aliphatic heterocycles. The number of carbonyl (C=O) groups excluding carboxylic acids is 1. The summed E-state index contributed by atoms with van der Waals surface area (Å²) < 4.78 is 18.8. The van der Waals surface area contributed by atoms with Crippen molar-refractivity contribution in [3.8, 4) is 11.5 Å². The molecule has 0 bridgehead atoms. The fourth-order valence-corrected chi connectivity index (χ4v) is 3.71. The fourth-order valence-electron chi connectivity index (χ4n) is 3.25. The number of aromatic nitrogens is 2. The van der Waals surface area contributed by atoms with Gasteiger partial charge in [0.25, 0.3) is 0 Å². The number of esters is 1. The summed E-state index contributed by atoms with van der Waals surface area (Å²) in [4.78, 5) is 16.6. The number of benzene rings is 3. The number of rotatable bonds is 7. The molecule has 3 aromatic carbocycles. The molecule has 1 aromatic heterocycles. The number of hydrogen-bond donors (Lipinski definition) is 0. The topological polar surface area (TPSA) is 62.6 Å². The molecule has 164 valence electrons. The number of halogens is 2. The number of methoxy groups -OCH3 is 1. The summed E-state index contributed by atoms with van der Waals surface area (Å²) >= 11 is 12.2. The minimum Gasteiger partial charge on any atom is -0.485 e. The predicted molar refractivity (Wildman–Crippen MR) is 124 cm³/mol. The predicted octanol–water partition coefficient (Wildman–Crippen LogP) is 5.82. The summed E-state index contributed by atoms with van der Waals surface area (Å²) in [5.41, 5.74) is 3.00. The van der Waals surface area contributed by atoms with Gasteiger partial charge in [-0.2, -0.15) is 0 Å². The van der Waals surface area contributed by atoms with Crippen LogP contribution in [0.4, 0.5) is 0 Å². The summed E-state index contributed by atoms with van der Waals surface area (Å²) in [5, 5.41) is 1.03. The van der Waals surface area contributed by atoms with E-state index in [0.717, 1.165) is 22.4 Å². The van der Waals surface area contributed by atoms with Crippen LogP contribution in [0.15, 0.2) is 60.7 Å². The van der Waals surface area contributed by atoms with Gasteiger partial charge in [0.05, 0.1) is 23.7 Å². The molecular weight excluding hydrogens is 451 g/mol. The van der Waals surface area contributed by atoms with E-state index in [2.05, 4.69) is 4.98 Å². The molecule has 0 radical (unpaired) electrons. The van der Waals surface area contributed by atoms with Crippen LogP contribution in [-0.4, -0.2) is 22.6 Å². The quantitative estimate of drug-likeness (QED) is 0.318. The van der Waals surface area contributed by atoms with Crippen LogP contribution < -0.4 is 9.47 Å². The van der Waals surface area contributed by atoms with Gasteiger partial charge in [0.1, 0.15) is 19.0 Å². The molecule has 6 nitrogen and oxygen atoms in total. The van der Waals surface area contributed by atoms with E-state index in [1.807, 2.05) is 35.9 Å². The lowest BCUT2D eigenvalue weighted by Gasteiger charge is -2.14. The molecular formula is C24H20Cl2N2O4. The highest BCUT2D eigenvalue weighted by atomic mass is 35.5. The van der Waals surface area contributed by atoms with Gasteiger partial charge in [0.15, 0.2) is 11.5 Å². The van der Waals surface area contributed by atoms with E-state index in [-0.39, 0.29) is 13.2 Å². The first kappa shape index (κ1) is 22.0. The van der Waals surface area contributed by atoms with E-state index < -0.39 is 5.97 Å². The van der Waals surface area contributed by atoms with Gasteiger partial charge in [-0.1, -0.05) is 41.4 Å². The zero-order chi connectivity index (χ0) is 22.7. The number of hydrogen-bond acceptors (Lipinski definition) is 5. The lowest BCUT2D eigenvalue weighted by Crippen LogP contribution is -2.07. The first-order chi connectivity index (χ1) is 15.5. The van der Waals surface area contributed by atoms with Gasteiger partial charge in [-0.05, 0) is 42.5 Å². The van der Waals surface area contributed by atoms with Crippen LogP contribution >= 0.6 is 23.2 Å². The van der Waals surface area contributed by atoms with Crippen molar-refractivity contribution in [1.82, 2.24) is 9.55 Å². The molecule has 0 saturated heterocycles. The van der Waals surface area contributed by atoms with Crippen LogP contribution in [-0.2, 0) is 25.0 Å². The summed E-state index contributed by atoms with van der Waals surface area (Å²) in [7, 11) is 3.26. The highest BCUT2D eigenvalue weighted by Gasteiger charge is 2.15. The Bertz CT molecular complexity index is 1290. The molecule has 0 unspecified atom stereocenters. The molecule has 32 heavy (non-hydrogen) atoms. The van der Waals surface area contributed by atoms with Crippen molar-refractivity contribution < 1.29 is 19.0 Å². The third-order valence-corrected chi connectivity index (χ3v) is 5.59. The zero-order valence-corrected chi connectivity index (χ0v) is 19.0. The van der Waals surface area contributed by atoms with Crippen LogP contribution in [0.5, 0.6) is 11.5 Å². The molecule has 0 aliphatic rings. The number of para-hydroxylation sites is 2. The summed E-state index contributed by atoms with van der Waals surface area (Å²) in [6, 6.07) is 17.9. The minimum atomic E-state index is -0.471. The highest BCUT2D eigenvalue weighted by Crippen LogP contribution is 2.31. The standard InChI is InChI=1S/C24H20Cl2N2O4/c1-28-20-6-4-3-5-19(20)27-23(28)14-32-21-10-8-15(24(29)30-2)11-22(21)31-13-16-7-9-17(25)12-18(16)26/h3-12H,13-14H2,1-2H3. The van der Waals surface area contributed by atoms with Gasteiger partial charge < -0.3 is 18.8 Å². The van der Waals surface area contributed by atoms with E-state index >= 15 is 0 Å². The average Bonchev–Trinajstić information content (AvgIpc) is 3.12. The van der Waals surface area contributed by atoms with Crippen molar-refractivity contribution in [3.05, 3.63) is 87.7 Å². The van der Waals surface area contributed by atoms with Crippen molar-refractivity contribution in [2.45, 2.75) is 13.2 Å². The van der Waals surface area contributed by atoms with Crippen molar-refractivity contribution in [2.24, 2.45) is 7.05 Å². The second-order valence-electron chi connectivity index (χ2n) is 7.04. The Morgan fingerprint density at radius 3 is 2.50 bits per heavy atom. The monoisotopic (exact) mass is 470 g/mol. The van der Waals surface area contributed by atoms with Crippen LogP contribution in [0.1, 0.15) is 21.7 Å². The lowest BCUT2D eigenvalue weighted by molar-refractivity contribution is 0.0600. The zero-order valence-electron chi connectivity index (χ0n) is 17.5. The number of aryl methyl sites for hydroxylation is 1. The van der Waals surface area contributed by atoms with Crippen LogP contribution in [0.3, 0.4) is 0 Å². The Kier molecular flexibility index (Phi) is 6.53. The van der Waals surface area contributed by atoms with Gasteiger partial charge in [-0.3, -0.25) is 0 Å². The van der Waals surface area contributed by atoms with E-state index in [0.29, 0.717) is 27.1 Å². The maximum absolute atomic E-state index is 12.0. The van der Waals surface area contributed by atoms with Gasteiger partial charge in [0.2, 0.25) is 0 Å². The highest BCUT2D eigenvalue weighted by molar-refractivity contribution is 6.35. The maximum Gasteiger partial charge on any atom is 0.337 e. The Morgan fingerprint density at radius 1 is 0.969 bits per heavy atom. The number of carbonyl (C=O) groups is 1. The fraction of sp³-hybridized carbons (Fsp3) is 0.167. The van der Waals surface area contributed by atoms with E-state index in [9.17, 15) is 4.79 Å². The Labute approximate surface area is 195 Å². The van der Waals surface area contributed by atoms with Crippen molar-refractivity contribution in [3.63, 3.8) is 0 Å². The normalized spacial score (nSPS) is 10.9.